The first-order valence-electron chi connectivity index (χ1n) is 9.13. The Balaban J connectivity index is 2.17. The Morgan fingerprint density at radius 1 is 0.607 bits per heavy atom. The van der Waals surface area contributed by atoms with Gasteiger partial charge in [-0.25, -0.2) is 0 Å². The second kappa shape index (κ2) is 10.7. The molecule has 0 heterocycles. The molecule has 28 heavy (non-hydrogen) atoms. The Morgan fingerprint density at radius 3 is 1.25 bits per heavy atom. The lowest BCUT2D eigenvalue weighted by Crippen LogP contribution is -2.23. The van der Waals surface area contributed by atoms with Gasteiger partial charge in [-0.1, -0.05) is 12.1 Å². The first kappa shape index (κ1) is 21.8. The van der Waals surface area contributed by atoms with E-state index in [1.54, 1.807) is 40.6 Å². The lowest BCUT2D eigenvalue weighted by Gasteiger charge is -2.23. The molecule has 154 valence electrons. The highest BCUT2D eigenvalue weighted by atomic mass is 19.1. The van der Waals surface area contributed by atoms with Crippen LogP contribution in [0.4, 0.5) is 8.78 Å². The van der Waals surface area contributed by atoms with Gasteiger partial charge in [0, 0.05) is 0 Å². The number of benzene rings is 2. The van der Waals surface area contributed by atoms with Crippen LogP contribution in [0.25, 0.3) is 0 Å². The summed E-state index contributed by atoms with van der Waals surface area (Å²) in [5.74, 6) is 1.47. The fourth-order valence-corrected chi connectivity index (χ4v) is 3.32. The molecule has 0 unspecified atom stereocenters. The van der Waals surface area contributed by atoms with Crippen molar-refractivity contribution < 1.29 is 27.7 Å². The average molecular weight is 394 g/mol. The maximum absolute atomic E-state index is 13.8. The molecule has 0 N–H and O–H groups in total. The number of methoxy groups -OCH3 is 4. The molecule has 0 aliphatic heterocycles. The van der Waals surface area contributed by atoms with E-state index in [0.29, 0.717) is 35.8 Å². The van der Waals surface area contributed by atoms with Gasteiger partial charge in [-0.15, -0.1) is 0 Å². The predicted octanol–water partition coefficient (Wildman–Crippen LogP) is 4.68. The van der Waals surface area contributed by atoms with Crippen molar-refractivity contribution in [3.05, 3.63) is 47.5 Å². The van der Waals surface area contributed by atoms with Crippen molar-refractivity contribution in [2.45, 2.75) is 12.8 Å². The minimum Gasteiger partial charge on any atom is -0.493 e. The van der Waals surface area contributed by atoms with Crippen molar-refractivity contribution in [2.24, 2.45) is 11.8 Å². The lowest BCUT2D eigenvalue weighted by atomic mass is 9.84. The Hall–Kier alpha value is -2.50. The van der Waals surface area contributed by atoms with Gasteiger partial charge in [-0.3, -0.25) is 8.78 Å². The monoisotopic (exact) mass is 394 g/mol. The van der Waals surface area contributed by atoms with Gasteiger partial charge in [0.25, 0.3) is 0 Å². The predicted molar refractivity (Wildman–Crippen MR) is 105 cm³/mol. The van der Waals surface area contributed by atoms with Crippen LogP contribution in [-0.4, -0.2) is 41.8 Å². The molecule has 2 aromatic carbocycles. The van der Waals surface area contributed by atoms with Gasteiger partial charge in [-0.05, 0) is 60.1 Å². The van der Waals surface area contributed by atoms with E-state index in [0.717, 1.165) is 11.1 Å². The number of halogens is 2. The molecule has 2 aromatic rings. The average Bonchev–Trinajstić information content (AvgIpc) is 2.75. The normalized spacial score (nSPS) is 12.9. The third kappa shape index (κ3) is 5.27. The van der Waals surface area contributed by atoms with Crippen LogP contribution in [0.1, 0.15) is 11.1 Å². The van der Waals surface area contributed by atoms with Crippen LogP contribution in [0.15, 0.2) is 36.4 Å². The van der Waals surface area contributed by atoms with Crippen LogP contribution in [0.2, 0.25) is 0 Å². The molecular formula is C22H28F2O4. The van der Waals surface area contributed by atoms with E-state index < -0.39 is 25.2 Å². The van der Waals surface area contributed by atoms with Crippen molar-refractivity contribution in [1.29, 1.82) is 0 Å². The molecule has 0 aromatic heterocycles. The van der Waals surface area contributed by atoms with E-state index in [-0.39, 0.29) is 0 Å². The summed E-state index contributed by atoms with van der Waals surface area (Å²) in [6.45, 7) is -1.20. The highest BCUT2D eigenvalue weighted by Gasteiger charge is 2.23. The third-order valence-electron chi connectivity index (χ3n) is 4.95. The molecule has 0 bridgehead atoms. The molecule has 0 saturated carbocycles. The number of alkyl halides is 2. The summed E-state index contributed by atoms with van der Waals surface area (Å²) in [6.07, 6.45) is 0.831. The summed E-state index contributed by atoms with van der Waals surface area (Å²) >= 11 is 0. The number of hydrogen-bond donors (Lipinski definition) is 0. The Labute approximate surface area is 165 Å². The molecule has 0 aliphatic carbocycles. The van der Waals surface area contributed by atoms with E-state index in [9.17, 15) is 8.78 Å². The van der Waals surface area contributed by atoms with Gasteiger partial charge >= 0.3 is 0 Å². The summed E-state index contributed by atoms with van der Waals surface area (Å²) in [7, 11) is 6.22. The fourth-order valence-electron chi connectivity index (χ4n) is 3.32. The van der Waals surface area contributed by atoms with Crippen LogP contribution in [0.5, 0.6) is 23.0 Å². The quantitative estimate of drug-likeness (QED) is 0.555. The van der Waals surface area contributed by atoms with Crippen molar-refractivity contribution in [3.63, 3.8) is 0 Å². The van der Waals surface area contributed by atoms with Crippen molar-refractivity contribution in [3.8, 4) is 23.0 Å². The highest BCUT2D eigenvalue weighted by Crippen LogP contribution is 2.32. The van der Waals surface area contributed by atoms with Crippen LogP contribution in [-0.2, 0) is 12.8 Å². The van der Waals surface area contributed by atoms with Gasteiger partial charge in [0.2, 0.25) is 0 Å². The summed E-state index contributed by atoms with van der Waals surface area (Å²) in [5, 5.41) is 0. The van der Waals surface area contributed by atoms with Crippen molar-refractivity contribution in [1.82, 2.24) is 0 Å². The summed E-state index contributed by atoms with van der Waals surface area (Å²) in [4.78, 5) is 0. The molecule has 0 aliphatic rings. The largest absolute Gasteiger partial charge is 0.493 e. The Kier molecular flexibility index (Phi) is 8.36. The number of rotatable bonds is 11. The first-order valence-corrected chi connectivity index (χ1v) is 9.13. The van der Waals surface area contributed by atoms with E-state index >= 15 is 0 Å². The minimum atomic E-state index is -0.601. The van der Waals surface area contributed by atoms with E-state index in [1.165, 1.54) is 0 Å². The van der Waals surface area contributed by atoms with Crippen LogP contribution < -0.4 is 18.9 Å². The fraction of sp³-hybridized carbons (Fsp3) is 0.455. The molecule has 6 heteroatoms. The van der Waals surface area contributed by atoms with E-state index in [1.807, 2.05) is 24.3 Å². The maximum atomic E-state index is 13.8. The van der Waals surface area contributed by atoms with Gasteiger partial charge in [0.15, 0.2) is 23.0 Å². The Bertz CT molecular complexity index is 688. The van der Waals surface area contributed by atoms with Gasteiger partial charge in [-0.2, -0.15) is 0 Å². The molecule has 2 rings (SSSR count). The number of ether oxygens (including phenoxy) is 4. The summed E-state index contributed by atoms with van der Waals surface area (Å²) in [5.41, 5.74) is 1.76. The molecule has 0 fully saturated rings. The zero-order valence-electron chi connectivity index (χ0n) is 16.8. The first-order chi connectivity index (χ1) is 13.6. The van der Waals surface area contributed by atoms with Crippen LogP contribution in [0, 0.1) is 11.8 Å². The summed E-state index contributed by atoms with van der Waals surface area (Å²) < 4.78 is 48.7. The zero-order chi connectivity index (χ0) is 20.5. The van der Waals surface area contributed by atoms with Crippen molar-refractivity contribution in [2.75, 3.05) is 41.8 Å². The number of hydrogen-bond acceptors (Lipinski definition) is 4. The molecule has 2 atom stereocenters. The molecule has 0 saturated heterocycles. The summed E-state index contributed by atoms with van der Waals surface area (Å²) in [6, 6.07) is 10.9. The molecule has 0 radical (unpaired) electrons. The maximum Gasteiger partial charge on any atom is 0.160 e. The molecule has 4 nitrogen and oxygen atoms in total. The van der Waals surface area contributed by atoms with E-state index in [2.05, 4.69) is 0 Å². The van der Waals surface area contributed by atoms with Gasteiger partial charge < -0.3 is 18.9 Å². The van der Waals surface area contributed by atoms with E-state index in [4.69, 9.17) is 18.9 Å². The second-order valence-electron chi connectivity index (χ2n) is 6.62. The topological polar surface area (TPSA) is 36.9 Å². The van der Waals surface area contributed by atoms with Crippen molar-refractivity contribution >= 4 is 0 Å². The molecular weight excluding hydrogens is 366 g/mol. The van der Waals surface area contributed by atoms with Gasteiger partial charge in [0.05, 0.1) is 41.8 Å². The van der Waals surface area contributed by atoms with Crippen LogP contribution >= 0.6 is 0 Å². The van der Waals surface area contributed by atoms with Crippen LogP contribution in [0.3, 0.4) is 0 Å². The molecule has 0 spiro atoms. The minimum absolute atomic E-state index is 0.415. The zero-order valence-corrected chi connectivity index (χ0v) is 16.8. The lowest BCUT2D eigenvalue weighted by molar-refractivity contribution is 0.212. The third-order valence-corrected chi connectivity index (χ3v) is 4.95. The SMILES string of the molecule is COc1ccc(C[C@@H](CF)[C@@H](CF)Cc2ccc(OC)c(OC)c2)cc1OC. The van der Waals surface area contributed by atoms with Gasteiger partial charge in [0.1, 0.15) is 0 Å². The second-order valence-corrected chi connectivity index (χ2v) is 6.62. The standard InChI is InChI=1S/C22H28F2O4/c1-25-19-7-5-15(11-21(19)27-3)9-17(13-23)18(14-24)10-16-6-8-20(26-2)22(12-16)28-4/h5-8,11-12,17-18H,9-10,13-14H2,1-4H3/t17-,18+. The molecule has 0 amide bonds. The highest BCUT2D eigenvalue weighted by molar-refractivity contribution is 5.44. The Morgan fingerprint density at radius 2 is 0.964 bits per heavy atom. The smallest absolute Gasteiger partial charge is 0.160 e.